The summed E-state index contributed by atoms with van der Waals surface area (Å²) in [6.07, 6.45) is 3.69. The van der Waals surface area contributed by atoms with E-state index in [0.29, 0.717) is 12.6 Å². The normalized spacial score (nSPS) is 20.3. The predicted octanol–water partition coefficient (Wildman–Crippen LogP) is 3.89. The number of carbonyl (C=O) groups excluding carboxylic acids is 1. The van der Waals surface area contributed by atoms with Gasteiger partial charge in [-0.05, 0) is 49.6 Å². The van der Waals surface area contributed by atoms with Crippen LogP contribution in [0.2, 0.25) is 0 Å². The molecule has 0 spiro atoms. The molecule has 1 amide bonds. The number of piperidine rings is 1. The maximum atomic E-state index is 12.4. The third-order valence-corrected chi connectivity index (χ3v) is 4.95. The molecular formula is C20H26N2O. The zero-order valence-electron chi connectivity index (χ0n) is 14.1. The molecule has 0 radical (unpaired) electrons. The first-order chi connectivity index (χ1) is 11.1. The standard InChI is InChI=1S/C20H26N2O/c1-15-8-5-6-13-22(15)14-20(23)21-16(2)18-12-7-10-17-9-3-4-11-19(17)18/h3-4,7,9-12,15-16H,5-6,8,13-14H2,1-2H3,(H,21,23)/t15-,16-/m0/s1. The van der Waals surface area contributed by atoms with E-state index in [9.17, 15) is 4.79 Å². The van der Waals surface area contributed by atoms with Crippen LogP contribution in [0.1, 0.15) is 44.7 Å². The van der Waals surface area contributed by atoms with Crippen LogP contribution in [0.25, 0.3) is 10.8 Å². The highest BCUT2D eigenvalue weighted by molar-refractivity contribution is 5.87. The Morgan fingerprint density at radius 2 is 2.00 bits per heavy atom. The van der Waals surface area contributed by atoms with Gasteiger partial charge >= 0.3 is 0 Å². The zero-order chi connectivity index (χ0) is 16.2. The summed E-state index contributed by atoms with van der Waals surface area (Å²) in [5.41, 5.74) is 1.18. The molecule has 1 N–H and O–H groups in total. The number of nitrogens with one attached hydrogen (secondary N) is 1. The molecule has 1 fully saturated rings. The van der Waals surface area contributed by atoms with Crippen LogP contribution in [0.3, 0.4) is 0 Å². The molecule has 2 aromatic rings. The van der Waals surface area contributed by atoms with Crippen LogP contribution in [0, 0.1) is 0 Å². The zero-order valence-corrected chi connectivity index (χ0v) is 14.1. The molecule has 0 aromatic heterocycles. The lowest BCUT2D eigenvalue weighted by Gasteiger charge is -2.33. The number of fused-ring (bicyclic) bond motifs is 1. The van der Waals surface area contributed by atoms with Gasteiger partial charge in [-0.1, -0.05) is 48.9 Å². The molecule has 0 aliphatic carbocycles. The third-order valence-electron chi connectivity index (χ3n) is 4.95. The van der Waals surface area contributed by atoms with Crippen molar-refractivity contribution in [2.75, 3.05) is 13.1 Å². The highest BCUT2D eigenvalue weighted by Crippen LogP contribution is 2.24. The van der Waals surface area contributed by atoms with E-state index >= 15 is 0 Å². The van der Waals surface area contributed by atoms with Crippen LogP contribution >= 0.6 is 0 Å². The molecule has 0 saturated carbocycles. The molecule has 2 aromatic carbocycles. The van der Waals surface area contributed by atoms with Gasteiger partial charge in [0.2, 0.25) is 5.91 Å². The summed E-state index contributed by atoms with van der Waals surface area (Å²) >= 11 is 0. The number of likely N-dealkylation sites (tertiary alicyclic amines) is 1. The second-order valence-corrected chi connectivity index (χ2v) is 6.67. The maximum absolute atomic E-state index is 12.4. The van der Waals surface area contributed by atoms with Crippen molar-refractivity contribution in [3.63, 3.8) is 0 Å². The lowest BCUT2D eigenvalue weighted by molar-refractivity contribution is -0.123. The fourth-order valence-electron chi connectivity index (χ4n) is 3.57. The van der Waals surface area contributed by atoms with Crippen molar-refractivity contribution in [1.29, 1.82) is 0 Å². The number of hydrogen-bond acceptors (Lipinski definition) is 2. The third kappa shape index (κ3) is 3.73. The van der Waals surface area contributed by atoms with Crippen LogP contribution in [-0.4, -0.2) is 29.9 Å². The predicted molar refractivity (Wildman–Crippen MR) is 95.4 cm³/mol. The molecule has 1 aliphatic heterocycles. The maximum Gasteiger partial charge on any atom is 0.234 e. The van der Waals surface area contributed by atoms with Crippen molar-refractivity contribution in [1.82, 2.24) is 10.2 Å². The largest absolute Gasteiger partial charge is 0.348 e. The van der Waals surface area contributed by atoms with Gasteiger partial charge in [0.1, 0.15) is 0 Å². The van der Waals surface area contributed by atoms with Crippen LogP contribution in [0.15, 0.2) is 42.5 Å². The molecular weight excluding hydrogens is 284 g/mol. The van der Waals surface area contributed by atoms with E-state index < -0.39 is 0 Å². The Morgan fingerprint density at radius 3 is 2.83 bits per heavy atom. The van der Waals surface area contributed by atoms with Gasteiger partial charge in [0.25, 0.3) is 0 Å². The Labute approximate surface area is 138 Å². The summed E-state index contributed by atoms with van der Waals surface area (Å²) in [6, 6.07) is 15.2. The number of nitrogens with zero attached hydrogens (tertiary/aromatic N) is 1. The average molecular weight is 310 g/mol. The molecule has 3 rings (SSSR count). The van der Waals surface area contributed by atoms with E-state index in [2.05, 4.69) is 60.5 Å². The molecule has 1 aliphatic rings. The first-order valence-corrected chi connectivity index (χ1v) is 8.66. The minimum Gasteiger partial charge on any atom is -0.348 e. The van der Waals surface area contributed by atoms with Gasteiger partial charge < -0.3 is 5.32 Å². The van der Waals surface area contributed by atoms with Crippen molar-refractivity contribution < 1.29 is 4.79 Å². The Hall–Kier alpha value is -1.87. The van der Waals surface area contributed by atoms with E-state index in [0.717, 1.165) is 6.54 Å². The average Bonchev–Trinajstić information content (AvgIpc) is 2.56. The fraction of sp³-hybridized carbons (Fsp3) is 0.450. The van der Waals surface area contributed by atoms with E-state index in [1.165, 1.54) is 35.6 Å². The first kappa shape index (κ1) is 16.0. The summed E-state index contributed by atoms with van der Waals surface area (Å²) in [7, 11) is 0. The molecule has 3 heteroatoms. The molecule has 0 bridgehead atoms. The van der Waals surface area contributed by atoms with Gasteiger partial charge in [-0.15, -0.1) is 0 Å². The summed E-state index contributed by atoms with van der Waals surface area (Å²) in [5, 5.41) is 5.61. The van der Waals surface area contributed by atoms with Gasteiger partial charge in [0.15, 0.2) is 0 Å². The Morgan fingerprint density at radius 1 is 1.22 bits per heavy atom. The van der Waals surface area contributed by atoms with Crippen LogP contribution in [0.4, 0.5) is 0 Å². The second-order valence-electron chi connectivity index (χ2n) is 6.67. The van der Waals surface area contributed by atoms with E-state index in [-0.39, 0.29) is 11.9 Å². The lowest BCUT2D eigenvalue weighted by atomic mass is 9.99. The molecule has 1 saturated heterocycles. The van der Waals surface area contributed by atoms with Crippen molar-refractivity contribution in [2.45, 2.75) is 45.2 Å². The highest BCUT2D eigenvalue weighted by atomic mass is 16.2. The van der Waals surface area contributed by atoms with Crippen molar-refractivity contribution in [3.05, 3.63) is 48.0 Å². The first-order valence-electron chi connectivity index (χ1n) is 8.66. The summed E-state index contributed by atoms with van der Waals surface area (Å²) in [5.74, 6) is 0.124. The van der Waals surface area contributed by atoms with Crippen LogP contribution < -0.4 is 5.32 Å². The molecule has 0 unspecified atom stereocenters. The van der Waals surface area contributed by atoms with Gasteiger partial charge in [0, 0.05) is 6.04 Å². The molecule has 2 atom stereocenters. The van der Waals surface area contributed by atoms with Gasteiger partial charge in [-0.25, -0.2) is 0 Å². The van der Waals surface area contributed by atoms with Crippen LogP contribution in [0.5, 0.6) is 0 Å². The van der Waals surface area contributed by atoms with E-state index in [1.807, 2.05) is 6.07 Å². The Bertz CT molecular complexity index is 677. The SMILES string of the molecule is C[C@H](NC(=O)CN1CCCC[C@@H]1C)c1cccc2ccccc12. The minimum absolute atomic E-state index is 0.0219. The summed E-state index contributed by atoms with van der Waals surface area (Å²) < 4.78 is 0. The molecule has 122 valence electrons. The Kier molecular flexibility index (Phi) is 4.97. The lowest BCUT2D eigenvalue weighted by Crippen LogP contribution is -2.44. The molecule has 3 nitrogen and oxygen atoms in total. The van der Waals surface area contributed by atoms with Crippen LogP contribution in [-0.2, 0) is 4.79 Å². The topological polar surface area (TPSA) is 32.3 Å². The monoisotopic (exact) mass is 310 g/mol. The fourth-order valence-corrected chi connectivity index (χ4v) is 3.57. The number of amides is 1. The van der Waals surface area contributed by atoms with E-state index in [1.54, 1.807) is 0 Å². The summed E-state index contributed by atoms with van der Waals surface area (Å²) in [4.78, 5) is 14.7. The van der Waals surface area contributed by atoms with Gasteiger partial charge in [-0.2, -0.15) is 0 Å². The van der Waals surface area contributed by atoms with E-state index in [4.69, 9.17) is 0 Å². The number of benzene rings is 2. The van der Waals surface area contributed by atoms with Crippen molar-refractivity contribution in [3.8, 4) is 0 Å². The highest BCUT2D eigenvalue weighted by Gasteiger charge is 2.21. The molecule has 1 heterocycles. The minimum atomic E-state index is 0.0219. The van der Waals surface area contributed by atoms with Crippen molar-refractivity contribution >= 4 is 16.7 Å². The molecule has 23 heavy (non-hydrogen) atoms. The van der Waals surface area contributed by atoms with Crippen molar-refractivity contribution in [2.24, 2.45) is 0 Å². The number of hydrogen-bond donors (Lipinski definition) is 1. The smallest absolute Gasteiger partial charge is 0.234 e. The van der Waals surface area contributed by atoms with Gasteiger partial charge in [-0.3, -0.25) is 9.69 Å². The summed E-state index contributed by atoms with van der Waals surface area (Å²) in [6.45, 7) is 5.84. The van der Waals surface area contributed by atoms with Gasteiger partial charge in [0.05, 0.1) is 12.6 Å². The number of carbonyl (C=O) groups is 1. The quantitative estimate of drug-likeness (QED) is 0.929. The Balaban J connectivity index is 1.68. The number of rotatable bonds is 4. The second kappa shape index (κ2) is 7.14.